The number of aryl methyl sites for hydroxylation is 1. The van der Waals surface area contributed by atoms with Crippen molar-refractivity contribution < 1.29 is 9.84 Å². The van der Waals surface area contributed by atoms with Gasteiger partial charge in [0.05, 0.1) is 0 Å². The van der Waals surface area contributed by atoms with Gasteiger partial charge >= 0.3 is 0 Å². The standard InChI is InChI=1S/C13H17Cl2NO2/c1-9-5-12(3-4-13(9)15)18-8-11(17)7-16-6-10(2)14/h3-5,11,16-17H,2,6-8H2,1H3. The second-order valence-electron chi connectivity index (χ2n) is 4.02. The minimum atomic E-state index is -0.600. The van der Waals surface area contributed by atoms with Gasteiger partial charge in [-0.15, -0.1) is 0 Å². The molecular weight excluding hydrogens is 273 g/mol. The van der Waals surface area contributed by atoms with Gasteiger partial charge in [-0.05, 0) is 30.7 Å². The fourth-order valence-corrected chi connectivity index (χ4v) is 1.54. The van der Waals surface area contributed by atoms with E-state index in [1.165, 1.54) is 0 Å². The molecule has 1 aromatic rings. The van der Waals surface area contributed by atoms with Gasteiger partial charge in [0.2, 0.25) is 0 Å². The summed E-state index contributed by atoms with van der Waals surface area (Å²) in [4.78, 5) is 0. The molecule has 0 spiro atoms. The second-order valence-corrected chi connectivity index (χ2v) is 4.97. The summed E-state index contributed by atoms with van der Waals surface area (Å²) in [6.07, 6.45) is -0.600. The van der Waals surface area contributed by atoms with E-state index in [1.807, 2.05) is 13.0 Å². The summed E-state index contributed by atoms with van der Waals surface area (Å²) in [7, 11) is 0. The van der Waals surface area contributed by atoms with Gasteiger partial charge in [-0.25, -0.2) is 0 Å². The molecule has 0 amide bonds. The van der Waals surface area contributed by atoms with Crippen LogP contribution in [0.3, 0.4) is 0 Å². The number of halogens is 2. The number of nitrogens with one attached hydrogen (secondary N) is 1. The molecule has 0 saturated carbocycles. The van der Waals surface area contributed by atoms with Crippen molar-refractivity contribution in [3.8, 4) is 5.75 Å². The molecule has 1 unspecified atom stereocenters. The average molecular weight is 290 g/mol. The van der Waals surface area contributed by atoms with Crippen molar-refractivity contribution in [3.05, 3.63) is 40.4 Å². The van der Waals surface area contributed by atoms with Crippen molar-refractivity contribution in [2.75, 3.05) is 19.7 Å². The maximum Gasteiger partial charge on any atom is 0.119 e. The van der Waals surface area contributed by atoms with Gasteiger partial charge < -0.3 is 15.2 Å². The van der Waals surface area contributed by atoms with Crippen LogP contribution >= 0.6 is 23.2 Å². The van der Waals surface area contributed by atoms with E-state index < -0.39 is 6.10 Å². The zero-order chi connectivity index (χ0) is 13.5. The first kappa shape index (κ1) is 15.3. The van der Waals surface area contributed by atoms with Gasteiger partial charge in [-0.1, -0.05) is 29.8 Å². The molecule has 1 rings (SSSR count). The quantitative estimate of drug-likeness (QED) is 0.811. The first-order valence-electron chi connectivity index (χ1n) is 5.60. The summed E-state index contributed by atoms with van der Waals surface area (Å²) >= 11 is 11.5. The van der Waals surface area contributed by atoms with Gasteiger partial charge in [0, 0.05) is 23.1 Å². The van der Waals surface area contributed by atoms with Gasteiger partial charge in [0.25, 0.3) is 0 Å². The summed E-state index contributed by atoms with van der Waals surface area (Å²) in [6, 6.07) is 5.38. The Morgan fingerprint density at radius 1 is 1.56 bits per heavy atom. The Bertz CT molecular complexity index is 410. The molecule has 100 valence electrons. The van der Waals surface area contributed by atoms with Crippen LogP contribution in [0.15, 0.2) is 29.8 Å². The second kappa shape index (κ2) is 7.64. The molecule has 0 aromatic heterocycles. The fraction of sp³-hybridized carbons (Fsp3) is 0.385. The molecule has 0 bridgehead atoms. The molecule has 0 heterocycles. The summed E-state index contributed by atoms with van der Waals surface area (Å²) in [5, 5.41) is 13.8. The third-order valence-electron chi connectivity index (χ3n) is 2.27. The summed E-state index contributed by atoms with van der Waals surface area (Å²) in [6.45, 7) is 6.53. The Balaban J connectivity index is 2.31. The van der Waals surface area contributed by atoms with E-state index in [4.69, 9.17) is 27.9 Å². The highest BCUT2D eigenvalue weighted by Gasteiger charge is 2.05. The lowest BCUT2D eigenvalue weighted by Crippen LogP contribution is -2.32. The van der Waals surface area contributed by atoms with Crippen molar-refractivity contribution in [1.29, 1.82) is 0 Å². The Labute approximate surface area is 117 Å². The molecule has 1 aromatic carbocycles. The van der Waals surface area contributed by atoms with Crippen LogP contribution in [0, 0.1) is 6.92 Å². The predicted molar refractivity (Wildman–Crippen MR) is 75.6 cm³/mol. The van der Waals surface area contributed by atoms with E-state index in [2.05, 4.69) is 11.9 Å². The zero-order valence-electron chi connectivity index (χ0n) is 10.2. The summed E-state index contributed by atoms with van der Waals surface area (Å²) in [5.41, 5.74) is 0.945. The molecular formula is C13H17Cl2NO2. The van der Waals surface area contributed by atoms with Crippen molar-refractivity contribution in [1.82, 2.24) is 5.32 Å². The largest absolute Gasteiger partial charge is 0.491 e. The molecule has 1 atom stereocenters. The Morgan fingerprint density at radius 2 is 2.28 bits per heavy atom. The van der Waals surface area contributed by atoms with E-state index in [1.54, 1.807) is 12.1 Å². The molecule has 18 heavy (non-hydrogen) atoms. The third-order valence-corrected chi connectivity index (χ3v) is 2.83. The van der Waals surface area contributed by atoms with Gasteiger partial charge in [-0.3, -0.25) is 0 Å². The van der Waals surface area contributed by atoms with E-state index in [0.717, 1.165) is 5.56 Å². The van der Waals surface area contributed by atoms with Crippen LogP contribution in [0.4, 0.5) is 0 Å². The maximum atomic E-state index is 9.66. The highest BCUT2D eigenvalue weighted by Crippen LogP contribution is 2.20. The first-order valence-corrected chi connectivity index (χ1v) is 6.35. The predicted octanol–water partition coefficient (Wildman–Crippen LogP) is 2.73. The average Bonchev–Trinajstić information content (AvgIpc) is 2.30. The van der Waals surface area contributed by atoms with Crippen LogP contribution in [-0.4, -0.2) is 30.9 Å². The molecule has 0 saturated heterocycles. The van der Waals surface area contributed by atoms with E-state index >= 15 is 0 Å². The highest BCUT2D eigenvalue weighted by molar-refractivity contribution is 6.31. The van der Waals surface area contributed by atoms with Crippen LogP contribution in [0.25, 0.3) is 0 Å². The fourth-order valence-electron chi connectivity index (χ4n) is 1.33. The number of hydrogen-bond donors (Lipinski definition) is 2. The van der Waals surface area contributed by atoms with E-state index in [9.17, 15) is 5.11 Å². The van der Waals surface area contributed by atoms with Crippen LogP contribution < -0.4 is 10.1 Å². The van der Waals surface area contributed by atoms with Crippen LogP contribution in [0.2, 0.25) is 5.02 Å². The number of hydrogen-bond acceptors (Lipinski definition) is 3. The molecule has 0 fully saturated rings. The summed E-state index contributed by atoms with van der Waals surface area (Å²) < 4.78 is 5.46. The number of ether oxygens (including phenoxy) is 1. The smallest absolute Gasteiger partial charge is 0.119 e. The van der Waals surface area contributed by atoms with Crippen molar-refractivity contribution >= 4 is 23.2 Å². The monoisotopic (exact) mass is 289 g/mol. The first-order chi connectivity index (χ1) is 8.49. The number of aliphatic hydroxyl groups excluding tert-OH is 1. The Morgan fingerprint density at radius 3 is 2.89 bits per heavy atom. The molecule has 0 aliphatic rings. The lowest BCUT2D eigenvalue weighted by atomic mass is 10.2. The lowest BCUT2D eigenvalue weighted by molar-refractivity contribution is 0.107. The minimum absolute atomic E-state index is 0.211. The van der Waals surface area contributed by atoms with Gasteiger partial charge in [0.15, 0.2) is 0 Å². The maximum absolute atomic E-state index is 9.66. The van der Waals surface area contributed by atoms with Crippen LogP contribution in [-0.2, 0) is 0 Å². The molecule has 0 radical (unpaired) electrons. The Hall–Kier alpha value is -0.740. The zero-order valence-corrected chi connectivity index (χ0v) is 11.8. The Kier molecular flexibility index (Phi) is 6.50. The molecule has 2 N–H and O–H groups in total. The molecule has 5 heteroatoms. The SMILES string of the molecule is C=C(Cl)CNCC(O)COc1ccc(Cl)c(C)c1. The number of aliphatic hydroxyl groups is 1. The van der Waals surface area contributed by atoms with Crippen molar-refractivity contribution in [2.24, 2.45) is 0 Å². The van der Waals surface area contributed by atoms with Crippen LogP contribution in [0.5, 0.6) is 5.75 Å². The molecule has 0 aliphatic carbocycles. The van der Waals surface area contributed by atoms with Gasteiger partial charge in [-0.2, -0.15) is 0 Å². The van der Waals surface area contributed by atoms with Gasteiger partial charge in [0.1, 0.15) is 18.5 Å². The van der Waals surface area contributed by atoms with Crippen LogP contribution in [0.1, 0.15) is 5.56 Å². The molecule has 3 nitrogen and oxygen atoms in total. The normalized spacial score (nSPS) is 12.2. The molecule has 0 aliphatic heterocycles. The highest BCUT2D eigenvalue weighted by atomic mass is 35.5. The van der Waals surface area contributed by atoms with E-state index in [0.29, 0.717) is 28.9 Å². The van der Waals surface area contributed by atoms with E-state index in [-0.39, 0.29) is 6.61 Å². The third kappa shape index (κ3) is 5.74. The number of rotatable bonds is 7. The number of benzene rings is 1. The van der Waals surface area contributed by atoms with Crippen molar-refractivity contribution in [2.45, 2.75) is 13.0 Å². The summed E-state index contributed by atoms with van der Waals surface area (Å²) in [5.74, 6) is 0.692. The lowest BCUT2D eigenvalue weighted by Gasteiger charge is -2.13. The topological polar surface area (TPSA) is 41.5 Å². The van der Waals surface area contributed by atoms with Crippen molar-refractivity contribution in [3.63, 3.8) is 0 Å². The minimum Gasteiger partial charge on any atom is -0.491 e.